The molecule has 6 aliphatic rings. The molecule has 0 saturated carbocycles. The lowest BCUT2D eigenvalue weighted by atomic mass is 9.75. The molecule has 110 heavy (non-hydrogen) atoms. The fourth-order valence-corrected chi connectivity index (χ4v) is 19.1. The van der Waals surface area contributed by atoms with Crippen LogP contribution in [0.3, 0.4) is 0 Å². The number of carbonyl (C=O) groups is 8. The SMILES string of the molecule is CC(C)(C)OC(=O)N1CCC(Cc2cccs2)(C(=O)O)CC1.CC(C)(C)OC(=O)N1CCC2(CC1)Cc1sc(C(C)(C)C)cc1C2=O.CC(C)(C)OC(=O)N1CCC2(CC1)Cc1sccc1C2=O.CCOC(=O)C1(Cc2cccs2)CCN(C(=O)OC(C)(C)C)CC1.CS(=O)(=O)OCc1cccs1.OCc1cccs1. The van der Waals surface area contributed by atoms with Crippen molar-refractivity contribution >= 4 is 126 Å². The van der Waals surface area contributed by atoms with E-state index in [4.69, 9.17) is 28.8 Å². The van der Waals surface area contributed by atoms with Gasteiger partial charge >= 0.3 is 36.3 Å². The number of aliphatic hydroxyl groups is 1. The van der Waals surface area contributed by atoms with Crippen molar-refractivity contribution in [1.82, 2.24) is 19.6 Å². The van der Waals surface area contributed by atoms with E-state index in [-0.39, 0.29) is 71.4 Å². The molecule has 0 aromatic carbocycles. The second-order valence-electron chi connectivity index (χ2n) is 33.8. The zero-order chi connectivity index (χ0) is 81.5. The molecule has 0 unspecified atom stereocenters. The van der Waals surface area contributed by atoms with Crippen LogP contribution in [-0.2, 0) is 91.9 Å². The molecule has 2 spiro atoms. The van der Waals surface area contributed by atoms with Crippen LogP contribution in [0.1, 0.15) is 217 Å². The number of aliphatic hydroxyl groups excluding tert-OH is 1. The number of hydrogen-bond donors (Lipinski definition) is 2. The summed E-state index contributed by atoms with van der Waals surface area (Å²) in [6.45, 7) is 35.7. The lowest BCUT2D eigenvalue weighted by molar-refractivity contribution is -0.158. The minimum atomic E-state index is -3.29. The molecule has 4 fully saturated rings. The van der Waals surface area contributed by atoms with Crippen LogP contribution in [-0.4, -0.2) is 174 Å². The average molecular weight is 1660 g/mol. The molecule has 22 nitrogen and oxygen atoms in total. The summed E-state index contributed by atoms with van der Waals surface area (Å²) < 4.78 is 52.6. The van der Waals surface area contributed by atoms with Gasteiger partial charge in [0.15, 0.2) is 11.6 Å². The van der Waals surface area contributed by atoms with Crippen LogP contribution in [0.2, 0.25) is 0 Å². The molecule has 4 saturated heterocycles. The molecule has 0 bridgehead atoms. The first-order valence-corrected chi connectivity index (χ1v) is 44.4. The zero-order valence-electron chi connectivity index (χ0n) is 67.0. The van der Waals surface area contributed by atoms with E-state index >= 15 is 0 Å². The Morgan fingerprint density at radius 2 is 0.827 bits per heavy atom. The number of carbonyl (C=O) groups excluding carboxylic acids is 7. The van der Waals surface area contributed by atoms with Crippen molar-refractivity contribution in [3.63, 3.8) is 0 Å². The van der Waals surface area contributed by atoms with Crippen molar-refractivity contribution in [2.45, 2.75) is 229 Å². The van der Waals surface area contributed by atoms with Gasteiger partial charge in [0, 0.05) is 108 Å². The highest BCUT2D eigenvalue weighted by Crippen LogP contribution is 2.50. The van der Waals surface area contributed by atoms with Crippen LogP contribution >= 0.6 is 68.0 Å². The summed E-state index contributed by atoms with van der Waals surface area (Å²) in [5, 5.41) is 27.9. The van der Waals surface area contributed by atoms with Crippen molar-refractivity contribution in [3.05, 3.63) is 133 Å². The summed E-state index contributed by atoms with van der Waals surface area (Å²) in [7, 11) is -3.29. The number of piperidine rings is 4. The number of Topliss-reactive ketones (excluding diaryl/α,β-unsaturated/α-hetero) is 2. The molecule has 4 aliphatic heterocycles. The lowest BCUT2D eigenvalue weighted by Crippen LogP contribution is -2.49. The molecule has 4 amide bonds. The summed E-state index contributed by atoms with van der Waals surface area (Å²) in [4.78, 5) is 113. The standard InChI is InChI=1S/C20H29NO3S.C18H27NO4S.C16H23NO4S.C16H21NO3S.C6H8O3S2.C5H6OS/c1-18(2,3)15-11-13-14(25-15)12-20(16(13)22)7-9-21(10-8-20)17(23)24-19(4,5)6;1-5-22-15(20)18(13-14-7-6-12-24-14)8-10-19(11-9-18)16(21)23-17(2,3)4;1-15(2,3)21-14(20)17-8-6-16(7-9-17,13(18)19)11-12-5-4-10-22-12;1-15(2,3)20-14(19)17-7-5-16(6-8-17)10-12-11(13(16)18)4-9-21-12;1-11(7,8)9-5-6-3-2-4-10-6;6-4-5-2-1-3-7-5/h11H,7-10,12H2,1-6H3;6-7,12H,5,8-11,13H2,1-4H3;4-5,10H,6-9,11H2,1-3H3,(H,18,19);4,9H,5-8,10H2,1-3H3;2-4H,5H2,1H3;1-3,6H,4H2. The number of hydrogen-bond acceptors (Lipinski definition) is 23. The van der Waals surface area contributed by atoms with Gasteiger partial charge in [-0.25, -0.2) is 19.2 Å². The number of ketones is 2. The second-order valence-corrected chi connectivity index (χ2v) is 41.7. The topological polar surface area (TPSA) is 280 Å². The van der Waals surface area contributed by atoms with Gasteiger partial charge in [-0.1, -0.05) is 45.0 Å². The van der Waals surface area contributed by atoms with Crippen LogP contribution in [0.15, 0.2) is 87.6 Å². The number of fused-ring (bicyclic) bond motifs is 2. The number of amides is 4. The highest BCUT2D eigenvalue weighted by Gasteiger charge is 2.52. The average Bonchev–Trinajstić information content (AvgIpc) is 1.59. The fraction of sp³-hybridized carbons (Fsp3) is 0.605. The molecule has 6 aromatic rings. The summed E-state index contributed by atoms with van der Waals surface area (Å²) in [6, 6.07) is 19.5. The van der Waals surface area contributed by atoms with Crippen molar-refractivity contribution in [1.29, 1.82) is 0 Å². The quantitative estimate of drug-likeness (QED) is 0.0692. The molecule has 10 heterocycles. The number of thiophene rings is 6. The number of rotatable bonds is 11. The number of ether oxygens (including phenoxy) is 5. The second kappa shape index (κ2) is 38.0. The molecular formula is C81H114N4O18S7. The molecule has 0 atom stereocenters. The summed E-state index contributed by atoms with van der Waals surface area (Å²) >= 11 is 9.74. The fourth-order valence-electron chi connectivity index (χ4n) is 13.4. The van der Waals surface area contributed by atoms with E-state index in [1.54, 1.807) is 76.3 Å². The van der Waals surface area contributed by atoms with Gasteiger partial charge in [0.1, 0.15) is 29.0 Å². The van der Waals surface area contributed by atoms with E-state index in [1.165, 1.54) is 30.8 Å². The first-order chi connectivity index (χ1) is 51.2. The van der Waals surface area contributed by atoms with Gasteiger partial charge in [0.25, 0.3) is 10.1 Å². The molecule has 608 valence electrons. The Kier molecular flexibility index (Phi) is 31.3. The minimum Gasteiger partial charge on any atom is -0.481 e. The van der Waals surface area contributed by atoms with E-state index < -0.39 is 49.3 Å². The van der Waals surface area contributed by atoms with Gasteiger partial charge in [-0.2, -0.15) is 8.42 Å². The van der Waals surface area contributed by atoms with Gasteiger partial charge in [0.05, 0.1) is 30.3 Å². The summed E-state index contributed by atoms with van der Waals surface area (Å²) in [5.74, 6) is -0.354. The van der Waals surface area contributed by atoms with Crippen LogP contribution < -0.4 is 0 Å². The minimum absolute atomic E-state index is 0.0858. The van der Waals surface area contributed by atoms with Gasteiger partial charge in [-0.15, -0.1) is 68.0 Å². The first kappa shape index (κ1) is 90.6. The molecule has 0 radical (unpaired) electrons. The number of carboxylic acids is 1. The number of likely N-dealkylation sites (tertiary alicyclic amines) is 4. The van der Waals surface area contributed by atoms with Gasteiger partial charge < -0.3 is 53.5 Å². The molecular weight excluding hydrogens is 1540 g/mol. The first-order valence-electron chi connectivity index (χ1n) is 37.4. The molecule has 6 aromatic heterocycles. The van der Waals surface area contributed by atoms with E-state index in [0.717, 1.165) is 70.5 Å². The summed E-state index contributed by atoms with van der Waals surface area (Å²) in [6.07, 6.45) is 7.80. The number of carboxylic acid groups (broad SMARTS) is 1. The number of aliphatic carboxylic acids is 1. The smallest absolute Gasteiger partial charge is 0.410 e. The molecule has 29 heteroatoms. The van der Waals surface area contributed by atoms with Gasteiger partial charge in [0.2, 0.25) is 0 Å². The van der Waals surface area contributed by atoms with Gasteiger partial charge in [-0.3, -0.25) is 23.4 Å². The number of esters is 1. The zero-order valence-corrected chi connectivity index (χ0v) is 72.7. The predicted molar refractivity (Wildman–Crippen MR) is 436 cm³/mol. The Hall–Kier alpha value is -6.57. The monoisotopic (exact) mass is 1650 g/mol. The normalized spacial score (nSPS) is 17.7. The lowest BCUT2D eigenvalue weighted by Gasteiger charge is -2.40. The van der Waals surface area contributed by atoms with Crippen molar-refractivity contribution in [2.75, 3.05) is 65.2 Å². The highest BCUT2D eigenvalue weighted by molar-refractivity contribution is 7.85. The Morgan fingerprint density at radius 3 is 1.15 bits per heavy atom. The van der Waals surface area contributed by atoms with Crippen LogP contribution in [0.5, 0.6) is 0 Å². The Balaban J connectivity index is 0.000000190. The third-order valence-electron chi connectivity index (χ3n) is 19.3. The van der Waals surface area contributed by atoms with E-state index in [1.807, 2.05) is 172 Å². The predicted octanol–water partition coefficient (Wildman–Crippen LogP) is 18.0. The molecule has 2 aliphatic carbocycles. The Labute approximate surface area is 674 Å². The van der Waals surface area contributed by atoms with E-state index in [0.29, 0.717) is 97.5 Å². The third-order valence-corrected chi connectivity index (χ3v) is 25.8. The van der Waals surface area contributed by atoms with Crippen molar-refractivity contribution < 1.29 is 84.9 Å². The Bertz CT molecular complexity index is 4090. The maximum absolute atomic E-state index is 13.1. The number of nitrogens with zero attached hydrogens (tertiary/aromatic N) is 4. The van der Waals surface area contributed by atoms with E-state index in [9.17, 15) is 51.9 Å². The van der Waals surface area contributed by atoms with Crippen molar-refractivity contribution in [2.24, 2.45) is 21.7 Å². The van der Waals surface area contributed by atoms with E-state index in [2.05, 4.69) is 31.0 Å². The van der Waals surface area contributed by atoms with Crippen LogP contribution in [0, 0.1) is 21.7 Å². The molecule has 2 N–H and O–H groups in total. The van der Waals surface area contributed by atoms with Crippen LogP contribution in [0.25, 0.3) is 0 Å². The largest absolute Gasteiger partial charge is 0.481 e. The maximum Gasteiger partial charge on any atom is 0.410 e. The summed E-state index contributed by atoms with van der Waals surface area (Å²) in [5.41, 5.74) is -1.95. The third kappa shape index (κ3) is 26.5. The van der Waals surface area contributed by atoms with Crippen molar-refractivity contribution in [3.8, 4) is 0 Å². The highest BCUT2D eigenvalue weighted by atomic mass is 32.2. The maximum atomic E-state index is 13.1. The van der Waals surface area contributed by atoms with Crippen LogP contribution in [0.4, 0.5) is 19.2 Å². The Morgan fingerprint density at radius 1 is 0.473 bits per heavy atom. The van der Waals surface area contributed by atoms with Gasteiger partial charge in [-0.05, 0) is 236 Å². The molecule has 12 rings (SSSR count).